The number of halogens is 2. The van der Waals surface area contributed by atoms with E-state index in [1.54, 1.807) is 6.07 Å². The molecule has 0 bridgehead atoms. The highest BCUT2D eigenvalue weighted by atomic mass is 19.1. The number of pyridine rings is 1. The van der Waals surface area contributed by atoms with Gasteiger partial charge in [0.1, 0.15) is 29.5 Å². The van der Waals surface area contributed by atoms with E-state index in [1.807, 2.05) is 0 Å². The lowest BCUT2D eigenvalue weighted by atomic mass is 9.85. The van der Waals surface area contributed by atoms with Gasteiger partial charge in [-0.05, 0) is 55.9 Å². The Kier molecular flexibility index (Phi) is 6.94. The third-order valence-electron chi connectivity index (χ3n) is 6.94. The number of H-pyrrole nitrogens is 1. The molecule has 0 unspecified atom stereocenters. The summed E-state index contributed by atoms with van der Waals surface area (Å²) < 4.78 is 37.3. The molecule has 0 amide bonds. The van der Waals surface area contributed by atoms with E-state index >= 15 is 0 Å². The van der Waals surface area contributed by atoms with Crippen LogP contribution >= 0.6 is 0 Å². The predicted molar refractivity (Wildman–Crippen MR) is 136 cm³/mol. The second-order valence-electron chi connectivity index (χ2n) is 9.38. The number of hydrogen-bond donors (Lipinski definition) is 3. The molecule has 2 aliphatic rings. The molecular weight excluding hydrogens is 482 g/mol. The van der Waals surface area contributed by atoms with Crippen LogP contribution in [0.2, 0.25) is 0 Å². The number of aromatic amines is 1. The fourth-order valence-corrected chi connectivity index (χ4v) is 5.07. The number of ether oxygens (including phenoxy) is 1. The number of aliphatic hydroxyl groups excluding tert-OH is 1. The molecule has 1 saturated carbocycles. The maximum Gasteiger partial charge on any atom is 0.345 e. The van der Waals surface area contributed by atoms with Crippen molar-refractivity contribution in [1.29, 1.82) is 0 Å². The topological polar surface area (TPSA) is 118 Å². The standard InChI is InChI=1S/C15H19FN2O2.C12H9FN2O2/c1-10-9-20-15-14(6-12(16)7-17-15)18(10)13-4-2-11(8-19)3-5-13;13-6-1-2-10-8(3-6)11-9(12(16)17-10)4-7(5-14)15-11/h6-7,11,13,19H,1-5,8-9H2;1-4,15H,5,14H2. The zero-order chi connectivity index (χ0) is 26.1. The van der Waals surface area contributed by atoms with Crippen molar-refractivity contribution < 1.29 is 23.0 Å². The number of nitrogens with zero attached hydrogens (tertiary/aromatic N) is 2. The summed E-state index contributed by atoms with van der Waals surface area (Å²) >= 11 is 0. The molecule has 10 heteroatoms. The van der Waals surface area contributed by atoms with Gasteiger partial charge in [-0.2, -0.15) is 0 Å². The van der Waals surface area contributed by atoms with E-state index in [2.05, 4.69) is 21.4 Å². The monoisotopic (exact) mass is 510 g/mol. The summed E-state index contributed by atoms with van der Waals surface area (Å²) in [5.74, 6) is 0.126. The molecule has 1 aliphatic heterocycles. The smallest absolute Gasteiger partial charge is 0.345 e. The molecule has 0 atom stereocenters. The number of benzene rings is 1. The molecule has 194 valence electrons. The number of nitrogens with two attached hydrogens (primary N) is 1. The van der Waals surface area contributed by atoms with E-state index in [1.165, 1.54) is 30.5 Å². The minimum Gasteiger partial charge on any atom is -0.470 e. The Morgan fingerprint density at radius 2 is 1.92 bits per heavy atom. The molecule has 0 radical (unpaired) electrons. The minimum absolute atomic E-state index is 0.254. The fraction of sp³-hybridized carbons (Fsp3) is 0.333. The van der Waals surface area contributed by atoms with Gasteiger partial charge in [-0.15, -0.1) is 0 Å². The third kappa shape index (κ3) is 4.94. The van der Waals surface area contributed by atoms with Gasteiger partial charge < -0.3 is 29.9 Å². The molecule has 4 heterocycles. The van der Waals surface area contributed by atoms with Gasteiger partial charge in [-0.3, -0.25) is 0 Å². The predicted octanol–water partition coefficient (Wildman–Crippen LogP) is 4.36. The van der Waals surface area contributed by atoms with Gasteiger partial charge in [0.2, 0.25) is 5.88 Å². The van der Waals surface area contributed by atoms with Gasteiger partial charge in [-0.25, -0.2) is 18.6 Å². The lowest BCUT2D eigenvalue weighted by molar-refractivity contribution is 0.180. The maximum absolute atomic E-state index is 13.5. The Morgan fingerprint density at radius 1 is 1.14 bits per heavy atom. The molecule has 1 aliphatic carbocycles. The van der Waals surface area contributed by atoms with E-state index in [4.69, 9.17) is 14.9 Å². The van der Waals surface area contributed by atoms with Crippen LogP contribution in [0.3, 0.4) is 0 Å². The number of aliphatic hydroxyl groups is 1. The van der Waals surface area contributed by atoms with Crippen LogP contribution in [0.25, 0.3) is 21.9 Å². The quantitative estimate of drug-likeness (QED) is 0.351. The highest BCUT2D eigenvalue weighted by Gasteiger charge is 2.32. The van der Waals surface area contributed by atoms with Crippen LogP contribution in [-0.4, -0.2) is 34.3 Å². The van der Waals surface area contributed by atoms with Crippen LogP contribution in [0.5, 0.6) is 5.88 Å². The molecule has 4 aromatic rings. The van der Waals surface area contributed by atoms with Gasteiger partial charge in [0, 0.05) is 42.0 Å². The number of aromatic nitrogens is 2. The molecule has 37 heavy (non-hydrogen) atoms. The lowest BCUT2D eigenvalue weighted by Gasteiger charge is -2.41. The van der Waals surface area contributed by atoms with E-state index in [-0.39, 0.29) is 30.8 Å². The van der Waals surface area contributed by atoms with Gasteiger partial charge in [0.25, 0.3) is 0 Å². The summed E-state index contributed by atoms with van der Waals surface area (Å²) in [6.07, 6.45) is 5.10. The molecule has 6 rings (SSSR count). The van der Waals surface area contributed by atoms with Crippen molar-refractivity contribution in [1.82, 2.24) is 9.97 Å². The number of hydrogen-bond acceptors (Lipinski definition) is 7. The zero-order valence-electron chi connectivity index (χ0n) is 20.2. The summed E-state index contributed by atoms with van der Waals surface area (Å²) in [7, 11) is 0. The van der Waals surface area contributed by atoms with Gasteiger partial charge in [0.05, 0.1) is 17.1 Å². The van der Waals surface area contributed by atoms with Gasteiger partial charge in [-0.1, -0.05) is 6.58 Å². The molecule has 0 saturated heterocycles. The van der Waals surface area contributed by atoms with E-state index in [0.29, 0.717) is 51.7 Å². The van der Waals surface area contributed by atoms with Crippen LogP contribution in [-0.2, 0) is 6.54 Å². The van der Waals surface area contributed by atoms with Crippen LogP contribution in [0.4, 0.5) is 14.5 Å². The van der Waals surface area contributed by atoms with Crippen molar-refractivity contribution in [2.45, 2.75) is 38.3 Å². The second kappa shape index (κ2) is 10.3. The second-order valence-corrected chi connectivity index (χ2v) is 9.38. The summed E-state index contributed by atoms with van der Waals surface area (Å²) in [5, 5.41) is 10.2. The number of anilines is 1. The first-order valence-corrected chi connectivity index (χ1v) is 12.2. The summed E-state index contributed by atoms with van der Waals surface area (Å²) in [6, 6.07) is 7.41. The first-order valence-electron chi connectivity index (χ1n) is 12.2. The zero-order valence-corrected chi connectivity index (χ0v) is 20.2. The Morgan fingerprint density at radius 3 is 2.65 bits per heavy atom. The minimum atomic E-state index is -0.449. The van der Waals surface area contributed by atoms with Crippen LogP contribution in [0.15, 0.2) is 58.0 Å². The summed E-state index contributed by atoms with van der Waals surface area (Å²) in [5.41, 5.74) is 8.20. The van der Waals surface area contributed by atoms with Gasteiger partial charge >= 0.3 is 5.63 Å². The lowest BCUT2D eigenvalue weighted by Crippen LogP contribution is -2.41. The largest absolute Gasteiger partial charge is 0.470 e. The summed E-state index contributed by atoms with van der Waals surface area (Å²) in [6.45, 7) is 4.97. The first-order chi connectivity index (χ1) is 17.9. The highest BCUT2D eigenvalue weighted by Crippen LogP contribution is 2.39. The molecule has 0 spiro atoms. The molecular formula is C27H28F2N4O4. The number of rotatable bonds is 3. The molecule has 1 aromatic carbocycles. The van der Waals surface area contributed by atoms with Crippen molar-refractivity contribution in [3.63, 3.8) is 0 Å². The molecule has 3 aromatic heterocycles. The first kappa shape index (κ1) is 24.9. The van der Waals surface area contributed by atoms with E-state index in [0.717, 1.165) is 31.4 Å². The van der Waals surface area contributed by atoms with Gasteiger partial charge in [0.15, 0.2) is 0 Å². The van der Waals surface area contributed by atoms with Crippen molar-refractivity contribution in [2.75, 3.05) is 18.1 Å². The average Bonchev–Trinajstić information content (AvgIpc) is 3.35. The van der Waals surface area contributed by atoms with Crippen molar-refractivity contribution in [3.05, 3.63) is 76.6 Å². The number of nitrogens with one attached hydrogen (secondary N) is 1. The number of fused-ring (bicyclic) bond motifs is 4. The van der Waals surface area contributed by atoms with Crippen LogP contribution in [0, 0.1) is 17.6 Å². The summed E-state index contributed by atoms with van der Waals surface area (Å²) in [4.78, 5) is 20.8. The van der Waals surface area contributed by atoms with E-state index in [9.17, 15) is 18.7 Å². The third-order valence-corrected chi connectivity index (χ3v) is 6.94. The Hall–Kier alpha value is -3.76. The van der Waals surface area contributed by atoms with E-state index < -0.39 is 5.63 Å². The van der Waals surface area contributed by atoms with Crippen molar-refractivity contribution >= 4 is 27.6 Å². The SMILES string of the molecule is C=C1COc2ncc(F)cc2N1C1CCC(CO)CC1.NCc1cc2c(=O)oc3ccc(F)cc3c2[nH]1. The average molecular weight is 511 g/mol. The maximum atomic E-state index is 13.5. The van der Waals surface area contributed by atoms with Crippen molar-refractivity contribution in [3.8, 4) is 5.88 Å². The van der Waals surface area contributed by atoms with Crippen molar-refractivity contribution in [2.24, 2.45) is 11.7 Å². The van der Waals surface area contributed by atoms with Crippen LogP contribution in [0.1, 0.15) is 31.4 Å². The highest BCUT2D eigenvalue weighted by molar-refractivity contribution is 6.02. The molecule has 1 fully saturated rings. The Labute approximate surface area is 211 Å². The Balaban J connectivity index is 0.000000153. The molecule has 4 N–H and O–H groups in total. The normalized spacial score (nSPS) is 19.4. The molecule has 8 nitrogen and oxygen atoms in total. The Bertz CT molecular complexity index is 1510. The fourth-order valence-electron chi connectivity index (χ4n) is 5.07. The van der Waals surface area contributed by atoms with Crippen LogP contribution < -0.4 is 21.0 Å².